The Morgan fingerprint density at radius 3 is 2.55 bits per heavy atom. The quantitative estimate of drug-likeness (QED) is 0.874. The van der Waals surface area contributed by atoms with Gasteiger partial charge in [0.2, 0.25) is 5.91 Å². The molecule has 20 heavy (non-hydrogen) atoms. The molecule has 0 heterocycles. The van der Waals surface area contributed by atoms with Crippen LogP contribution in [-0.2, 0) is 11.2 Å². The van der Waals surface area contributed by atoms with Gasteiger partial charge in [-0.3, -0.25) is 4.79 Å². The second-order valence-electron chi connectivity index (χ2n) is 4.93. The number of carbonyl (C=O) groups is 1. The SMILES string of the molecule is Cc1cccc(CC(=O)NC(CN)c2ccccc2)c1. The van der Waals surface area contributed by atoms with E-state index in [-0.39, 0.29) is 11.9 Å². The fourth-order valence-corrected chi connectivity index (χ4v) is 2.22. The topological polar surface area (TPSA) is 55.1 Å². The number of nitrogens with two attached hydrogens (primary N) is 1. The lowest BCUT2D eigenvalue weighted by Crippen LogP contribution is -2.34. The van der Waals surface area contributed by atoms with Gasteiger partial charge in [0.15, 0.2) is 0 Å². The van der Waals surface area contributed by atoms with Gasteiger partial charge in [-0.25, -0.2) is 0 Å². The fourth-order valence-electron chi connectivity index (χ4n) is 2.22. The van der Waals surface area contributed by atoms with Gasteiger partial charge in [0, 0.05) is 6.54 Å². The van der Waals surface area contributed by atoms with Crippen molar-refractivity contribution in [2.45, 2.75) is 19.4 Å². The van der Waals surface area contributed by atoms with E-state index < -0.39 is 0 Å². The molecule has 3 N–H and O–H groups in total. The van der Waals surface area contributed by atoms with Gasteiger partial charge in [0.1, 0.15) is 0 Å². The molecule has 0 saturated heterocycles. The highest BCUT2D eigenvalue weighted by Crippen LogP contribution is 2.11. The summed E-state index contributed by atoms with van der Waals surface area (Å²) in [6.07, 6.45) is 0.380. The number of hydrogen-bond acceptors (Lipinski definition) is 2. The molecule has 0 fully saturated rings. The number of carbonyl (C=O) groups excluding carboxylic acids is 1. The molecule has 1 unspecified atom stereocenters. The van der Waals surface area contributed by atoms with E-state index in [1.165, 1.54) is 0 Å². The van der Waals surface area contributed by atoms with Crippen LogP contribution in [0.4, 0.5) is 0 Å². The molecule has 3 heteroatoms. The Morgan fingerprint density at radius 2 is 1.90 bits per heavy atom. The predicted molar refractivity (Wildman–Crippen MR) is 81.3 cm³/mol. The first-order valence-corrected chi connectivity index (χ1v) is 6.79. The van der Waals surface area contributed by atoms with E-state index in [1.54, 1.807) is 0 Å². The lowest BCUT2D eigenvalue weighted by atomic mass is 10.1. The Balaban J connectivity index is 2.00. The minimum Gasteiger partial charge on any atom is -0.348 e. The van der Waals surface area contributed by atoms with Crippen LogP contribution in [0.5, 0.6) is 0 Å². The number of aryl methyl sites for hydroxylation is 1. The van der Waals surface area contributed by atoms with Gasteiger partial charge in [-0.1, -0.05) is 60.2 Å². The Labute approximate surface area is 119 Å². The van der Waals surface area contributed by atoms with E-state index in [1.807, 2.05) is 61.5 Å². The molecule has 104 valence electrons. The number of benzene rings is 2. The zero-order valence-corrected chi connectivity index (χ0v) is 11.7. The molecular formula is C17H20N2O. The Morgan fingerprint density at radius 1 is 1.15 bits per heavy atom. The highest BCUT2D eigenvalue weighted by Gasteiger charge is 2.12. The molecule has 1 amide bonds. The van der Waals surface area contributed by atoms with Crippen molar-refractivity contribution in [3.05, 3.63) is 71.3 Å². The van der Waals surface area contributed by atoms with E-state index in [4.69, 9.17) is 5.73 Å². The van der Waals surface area contributed by atoms with Crippen molar-refractivity contribution < 1.29 is 4.79 Å². The van der Waals surface area contributed by atoms with Gasteiger partial charge in [0.05, 0.1) is 12.5 Å². The lowest BCUT2D eigenvalue weighted by Gasteiger charge is -2.17. The number of rotatable bonds is 5. The molecule has 0 saturated carbocycles. The summed E-state index contributed by atoms with van der Waals surface area (Å²) < 4.78 is 0. The molecule has 0 aliphatic heterocycles. The van der Waals surface area contributed by atoms with Crippen molar-refractivity contribution in [2.75, 3.05) is 6.54 Å². The van der Waals surface area contributed by atoms with Gasteiger partial charge >= 0.3 is 0 Å². The number of hydrogen-bond donors (Lipinski definition) is 2. The summed E-state index contributed by atoms with van der Waals surface area (Å²) in [7, 11) is 0. The fraction of sp³-hybridized carbons (Fsp3) is 0.235. The molecule has 0 bridgehead atoms. The van der Waals surface area contributed by atoms with Crippen LogP contribution in [0.25, 0.3) is 0 Å². The van der Waals surface area contributed by atoms with Crippen LogP contribution in [-0.4, -0.2) is 12.5 Å². The first-order valence-electron chi connectivity index (χ1n) is 6.79. The molecular weight excluding hydrogens is 248 g/mol. The second-order valence-corrected chi connectivity index (χ2v) is 4.93. The Hall–Kier alpha value is -2.13. The average molecular weight is 268 g/mol. The van der Waals surface area contributed by atoms with Gasteiger partial charge in [-0.15, -0.1) is 0 Å². The summed E-state index contributed by atoms with van der Waals surface area (Å²) in [5, 5.41) is 2.99. The van der Waals surface area contributed by atoms with E-state index in [9.17, 15) is 4.79 Å². The largest absolute Gasteiger partial charge is 0.348 e. The number of amides is 1. The van der Waals surface area contributed by atoms with Crippen LogP contribution in [0.1, 0.15) is 22.7 Å². The third-order valence-corrected chi connectivity index (χ3v) is 3.22. The molecule has 2 aromatic rings. The van der Waals surface area contributed by atoms with Crippen LogP contribution >= 0.6 is 0 Å². The highest BCUT2D eigenvalue weighted by atomic mass is 16.1. The number of nitrogens with one attached hydrogen (secondary N) is 1. The first-order chi connectivity index (χ1) is 9.69. The third-order valence-electron chi connectivity index (χ3n) is 3.22. The summed E-state index contributed by atoms with van der Waals surface area (Å²) in [6, 6.07) is 17.7. The normalized spacial score (nSPS) is 11.9. The minimum absolute atomic E-state index is 0.00472. The summed E-state index contributed by atoms with van der Waals surface area (Å²) in [4.78, 5) is 12.1. The molecule has 0 spiro atoms. The van der Waals surface area contributed by atoms with E-state index >= 15 is 0 Å². The standard InChI is InChI=1S/C17H20N2O/c1-13-6-5-7-14(10-13)11-17(20)19-16(12-18)15-8-3-2-4-9-15/h2-10,16H,11-12,18H2,1H3,(H,19,20). The summed E-state index contributed by atoms with van der Waals surface area (Å²) >= 11 is 0. The van der Waals surface area contributed by atoms with Crippen LogP contribution in [0.2, 0.25) is 0 Å². The van der Waals surface area contributed by atoms with Crippen LogP contribution in [0, 0.1) is 6.92 Å². The van der Waals surface area contributed by atoms with Crippen LogP contribution in [0.15, 0.2) is 54.6 Å². The van der Waals surface area contributed by atoms with Crippen molar-refractivity contribution in [1.82, 2.24) is 5.32 Å². The molecule has 2 aromatic carbocycles. The maximum atomic E-state index is 12.1. The maximum absolute atomic E-state index is 12.1. The van der Waals surface area contributed by atoms with Crippen molar-refractivity contribution >= 4 is 5.91 Å². The zero-order valence-electron chi connectivity index (χ0n) is 11.7. The molecule has 0 aliphatic rings. The molecule has 0 radical (unpaired) electrons. The van der Waals surface area contributed by atoms with Gasteiger partial charge < -0.3 is 11.1 Å². The molecule has 3 nitrogen and oxygen atoms in total. The van der Waals surface area contributed by atoms with Gasteiger partial charge in [-0.2, -0.15) is 0 Å². The second kappa shape index (κ2) is 6.87. The molecule has 1 atom stereocenters. The molecule has 0 aromatic heterocycles. The Bertz CT molecular complexity index is 566. The average Bonchev–Trinajstić information content (AvgIpc) is 2.45. The predicted octanol–water partition coefficient (Wildman–Crippen LogP) is 2.35. The van der Waals surface area contributed by atoms with Crippen molar-refractivity contribution in [2.24, 2.45) is 5.73 Å². The summed E-state index contributed by atoms with van der Waals surface area (Å²) in [6.45, 7) is 2.41. The van der Waals surface area contributed by atoms with E-state index in [0.717, 1.165) is 16.7 Å². The summed E-state index contributed by atoms with van der Waals surface area (Å²) in [5.41, 5.74) is 8.97. The smallest absolute Gasteiger partial charge is 0.224 e. The molecule has 0 aliphatic carbocycles. The van der Waals surface area contributed by atoms with E-state index in [0.29, 0.717) is 13.0 Å². The minimum atomic E-state index is -0.131. The van der Waals surface area contributed by atoms with E-state index in [2.05, 4.69) is 5.32 Å². The van der Waals surface area contributed by atoms with Gasteiger partial charge in [0.25, 0.3) is 0 Å². The van der Waals surface area contributed by atoms with Crippen molar-refractivity contribution in [3.8, 4) is 0 Å². The van der Waals surface area contributed by atoms with Crippen LogP contribution < -0.4 is 11.1 Å². The Kier molecular flexibility index (Phi) is 4.91. The zero-order chi connectivity index (χ0) is 14.4. The van der Waals surface area contributed by atoms with Crippen molar-refractivity contribution in [1.29, 1.82) is 0 Å². The van der Waals surface area contributed by atoms with Crippen molar-refractivity contribution in [3.63, 3.8) is 0 Å². The maximum Gasteiger partial charge on any atom is 0.224 e. The lowest BCUT2D eigenvalue weighted by molar-refractivity contribution is -0.121. The van der Waals surface area contributed by atoms with Gasteiger partial charge in [-0.05, 0) is 18.1 Å². The first kappa shape index (κ1) is 14.3. The molecule has 2 rings (SSSR count). The van der Waals surface area contributed by atoms with Crippen LogP contribution in [0.3, 0.4) is 0 Å². The third kappa shape index (κ3) is 3.93. The monoisotopic (exact) mass is 268 g/mol. The summed E-state index contributed by atoms with van der Waals surface area (Å²) in [5.74, 6) is -0.00472. The highest BCUT2D eigenvalue weighted by molar-refractivity contribution is 5.79.